The predicted octanol–water partition coefficient (Wildman–Crippen LogP) is 1.93. The summed E-state index contributed by atoms with van der Waals surface area (Å²) in [7, 11) is 0. The van der Waals surface area contributed by atoms with Gasteiger partial charge in [0.2, 0.25) is 0 Å². The zero-order valence-corrected chi connectivity index (χ0v) is 11.3. The number of imidazole rings is 1. The van der Waals surface area contributed by atoms with Crippen LogP contribution in [0.5, 0.6) is 0 Å². The van der Waals surface area contributed by atoms with E-state index in [4.69, 9.17) is 4.74 Å². The van der Waals surface area contributed by atoms with Crippen molar-refractivity contribution in [2.75, 3.05) is 6.61 Å². The number of carbonyl (C=O) groups excluding carboxylic acids is 1. The molecular weight excluding hydrogens is 280 g/mol. The van der Waals surface area contributed by atoms with Gasteiger partial charge in [-0.3, -0.25) is 0 Å². The van der Waals surface area contributed by atoms with E-state index in [1.54, 1.807) is 11.5 Å². The van der Waals surface area contributed by atoms with Crippen LogP contribution < -0.4 is 5.32 Å². The first kappa shape index (κ1) is 13.7. The standard InChI is InChI=1S/C14H13F2N3O2/c1-2-21-14(20)13-12-6-17-5-8-3-9(15)10(16)4-11(8)19(12)7-18-13/h3-4,7,17H,2,5-6H2,1H3. The zero-order valence-electron chi connectivity index (χ0n) is 11.3. The molecular formula is C14H13F2N3O2. The second-order valence-electron chi connectivity index (χ2n) is 4.63. The number of hydrogen-bond donors (Lipinski definition) is 1. The van der Waals surface area contributed by atoms with Crippen molar-refractivity contribution < 1.29 is 18.3 Å². The van der Waals surface area contributed by atoms with Crippen molar-refractivity contribution in [3.63, 3.8) is 0 Å². The van der Waals surface area contributed by atoms with Gasteiger partial charge in [0.1, 0.15) is 6.33 Å². The molecule has 2 aromatic rings. The molecule has 1 aromatic carbocycles. The highest BCUT2D eigenvalue weighted by molar-refractivity contribution is 5.88. The SMILES string of the molecule is CCOC(=O)c1ncn2c1CNCc1cc(F)c(F)cc1-2. The Morgan fingerprint density at radius 3 is 2.90 bits per heavy atom. The lowest BCUT2D eigenvalue weighted by atomic mass is 10.1. The first-order valence-corrected chi connectivity index (χ1v) is 6.54. The molecule has 21 heavy (non-hydrogen) atoms. The van der Waals surface area contributed by atoms with Gasteiger partial charge in [-0.05, 0) is 18.6 Å². The molecule has 0 atom stereocenters. The molecule has 2 heterocycles. The van der Waals surface area contributed by atoms with Gasteiger partial charge in [-0.15, -0.1) is 0 Å². The number of nitrogens with one attached hydrogen (secondary N) is 1. The average molecular weight is 293 g/mol. The average Bonchev–Trinajstić information content (AvgIpc) is 2.79. The molecule has 1 aromatic heterocycles. The largest absolute Gasteiger partial charge is 0.461 e. The molecule has 110 valence electrons. The molecule has 0 saturated heterocycles. The Kier molecular flexibility index (Phi) is 3.42. The predicted molar refractivity (Wildman–Crippen MR) is 70.0 cm³/mol. The molecule has 0 bridgehead atoms. The lowest BCUT2D eigenvalue weighted by Gasteiger charge is -2.09. The highest BCUT2D eigenvalue weighted by Gasteiger charge is 2.24. The second-order valence-corrected chi connectivity index (χ2v) is 4.63. The van der Waals surface area contributed by atoms with E-state index in [0.717, 1.165) is 12.1 Å². The van der Waals surface area contributed by atoms with Crippen molar-refractivity contribution in [3.05, 3.63) is 47.0 Å². The molecule has 0 aliphatic carbocycles. The lowest BCUT2D eigenvalue weighted by molar-refractivity contribution is 0.0518. The molecule has 0 radical (unpaired) electrons. The monoisotopic (exact) mass is 293 g/mol. The minimum absolute atomic E-state index is 0.182. The van der Waals surface area contributed by atoms with Crippen LogP contribution >= 0.6 is 0 Å². The van der Waals surface area contributed by atoms with Crippen molar-refractivity contribution in [2.45, 2.75) is 20.0 Å². The van der Waals surface area contributed by atoms with Gasteiger partial charge in [-0.1, -0.05) is 0 Å². The summed E-state index contributed by atoms with van der Waals surface area (Å²) in [6.45, 7) is 2.68. The minimum Gasteiger partial charge on any atom is -0.461 e. The molecule has 1 aliphatic rings. The van der Waals surface area contributed by atoms with E-state index in [-0.39, 0.29) is 12.3 Å². The van der Waals surface area contributed by atoms with Gasteiger partial charge in [0.05, 0.1) is 18.0 Å². The topological polar surface area (TPSA) is 56.1 Å². The van der Waals surface area contributed by atoms with E-state index in [1.807, 2.05) is 0 Å². The van der Waals surface area contributed by atoms with Gasteiger partial charge in [-0.2, -0.15) is 0 Å². The molecule has 3 rings (SSSR count). The van der Waals surface area contributed by atoms with E-state index in [2.05, 4.69) is 10.3 Å². The Morgan fingerprint density at radius 1 is 1.38 bits per heavy atom. The van der Waals surface area contributed by atoms with Crippen LogP contribution in [0, 0.1) is 11.6 Å². The van der Waals surface area contributed by atoms with Gasteiger partial charge in [0, 0.05) is 19.2 Å². The number of ether oxygens (including phenoxy) is 1. The van der Waals surface area contributed by atoms with Crippen molar-refractivity contribution in [1.29, 1.82) is 0 Å². The Hall–Kier alpha value is -2.28. The molecule has 0 saturated carbocycles. The molecule has 5 nitrogen and oxygen atoms in total. The fraction of sp³-hybridized carbons (Fsp3) is 0.286. The Labute approximate surface area is 119 Å². The Morgan fingerprint density at radius 2 is 2.14 bits per heavy atom. The van der Waals surface area contributed by atoms with Crippen molar-refractivity contribution in [3.8, 4) is 5.69 Å². The fourth-order valence-corrected chi connectivity index (χ4v) is 2.38. The Balaban J connectivity index is 2.13. The van der Waals surface area contributed by atoms with Crippen LogP contribution in [-0.2, 0) is 17.8 Å². The molecule has 0 spiro atoms. The van der Waals surface area contributed by atoms with Gasteiger partial charge in [-0.25, -0.2) is 18.6 Å². The fourth-order valence-electron chi connectivity index (χ4n) is 2.38. The number of carbonyl (C=O) groups is 1. The number of nitrogens with zero attached hydrogens (tertiary/aromatic N) is 2. The molecule has 0 fully saturated rings. The molecule has 0 amide bonds. The normalized spacial score (nSPS) is 13.3. The molecule has 1 N–H and O–H groups in total. The van der Waals surface area contributed by atoms with Gasteiger partial charge >= 0.3 is 5.97 Å². The maximum atomic E-state index is 13.5. The van der Waals surface area contributed by atoms with Crippen LogP contribution in [0.1, 0.15) is 28.7 Å². The number of hydrogen-bond acceptors (Lipinski definition) is 4. The number of rotatable bonds is 2. The van der Waals surface area contributed by atoms with Crippen molar-refractivity contribution >= 4 is 5.97 Å². The summed E-state index contributed by atoms with van der Waals surface area (Å²) in [5.74, 6) is -2.36. The summed E-state index contributed by atoms with van der Waals surface area (Å²) >= 11 is 0. The number of fused-ring (bicyclic) bond motifs is 3. The highest BCUT2D eigenvalue weighted by atomic mass is 19.2. The number of benzene rings is 1. The highest BCUT2D eigenvalue weighted by Crippen LogP contribution is 2.25. The third-order valence-electron chi connectivity index (χ3n) is 3.32. The quantitative estimate of drug-likeness (QED) is 0.860. The third-order valence-corrected chi connectivity index (χ3v) is 3.32. The molecule has 1 aliphatic heterocycles. The summed E-state index contributed by atoms with van der Waals surface area (Å²) < 4.78 is 33.4. The van der Waals surface area contributed by atoms with Crippen molar-refractivity contribution in [1.82, 2.24) is 14.9 Å². The smallest absolute Gasteiger partial charge is 0.358 e. The lowest BCUT2D eigenvalue weighted by Crippen LogP contribution is -2.15. The van der Waals surface area contributed by atoms with E-state index < -0.39 is 17.6 Å². The number of aromatic nitrogens is 2. The number of esters is 1. The van der Waals surface area contributed by atoms with Crippen molar-refractivity contribution in [2.24, 2.45) is 0 Å². The Bertz CT molecular complexity index is 712. The van der Waals surface area contributed by atoms with Gasteiger partial charge in [0.15, 0.2) is 17.3 Å². The van der Waals surface area contributed by atoms with E-state index >= 15 is 0 Å². The summed E-state index contributed by atoms with van der Waals surface area (Å²) in [6.07, 6.45) is 1.42. The first-order valence-electron chi connectivity index (χ1n) is 6.54. The third kappa shape index (κ3) is 2.29. The van der Waals surface area contributed by atoms with E-state index in [1.165, 1.54) is 6.33 Å². The van der Waals surface area contributed by atoms with Crippen LogP contribution in [0.2, 0.25) is 0 Å². The van der Waals surface area contributed by atoms with Crippen LogP contribution in [0.25, 0.3) is 5.69 Å². The summed E-state index contributed by atoms with van der Waals surface area (Å²) in [6, 6.07) is 2.26. The van der Waals surface area contributed by atoms with E-state index in [0.29, 0.717) is 30.0 Å². The van der Waals surface area contributed by atoms with Crippen LogP contribution in [0.3, 0.4) is 0 Å². The molecule has 7 heteroatoms. The zero-order chi connectivity index (χ0) is 15.0. The minimum atomic E-state index is -0.937. The van der Waals surface area contributed by atoms with Gasteiger partial charge in [0.25, 0.3) is 0 Å². The number of halogens is 2. The maximum Gasteiger partial charge on any atom is 0.358 e. The van der Waals surface area contributed by atoms with E-state index in [9.17, 15) is 13.6 Å². The summed E-state index contributed by atoms with van der Waals surface area (Å²) in [5.41, 5.74) is 1.82. The maximum absolute atomic E-state index is 13.5. The van der Waals surface area contributed by atoms with Crippen LogP contribution in [0.4, 0.5) is 8.78 Å². The molecule has 0 unspecified atom stereocenters. The van der Waals surface area contributed by atoms with Gasteiger partial charge < -0.3 is 14.6 Å². The summed E-state index contributed by atoms with van der Waals surface area (Å²) in [5, 5.41) is 3.07. The summed E-state index contributed by atoms with van der Waals surface area (Å²) in [4.78, 5) is 15.9. The first-order chi connectivity index (χ1) is 10.1. The van der Waals surface area contributed by atoms with Crippen LogP contribution in [-0.4, -0.2) is 22.1 Å². The second kappa shape index (κ2) is 5.25. The van der Waals surface area contributed by atoms with Crippen LogP contribution in [0.15, 0.2) is 18.5 Å².